The highest BCUT2D eigenvalue weighted by Crippen LogP contribution is 2.17. The van der Waals surface area contributed by atoms with E-state index in [9.17, 15) is 9.90 Å². The molecule has 0 aliphatic rings. The van der Waals surface area contributed by atoms with Crippen LogP contribution in [-0.4, -0.2) is 22.7 Å². The number of aromatic hydroxyl groups is 1. The summed E-state index contributed by atoms with van der Waals surface area (Å²) in [5.74, 6) is 5.39. The molecule has 0 aliphatic heterocycles. The summed E-state index contributed by atoms with van der Waals surface area (Å²) in [6.45, 7) is 0.266. The van der Waals surface area contributed by atoms with Gasteiger partial charge in [0.1, 0.15) is 12.4 Å². The van der Waals surface area contributed by atoms with Gasteiger partial charge >= 0.3 is 0 Å². The number of aliphatic hydroxyl groups excluding tert-OH is 1. The Bertz CT molecular complexity index is 682. The maximum Gasteiger partial charge on any atom is 0.224 e. The van der Waals surface area contributed by atoms with Crippen molar-refractivity contribution in [2.24, 2.45) is 0 Å². The first-order chi connectivity index (χ1) is 10.2. The molecule has 3 N–H and O–H groups in total. The zero-order valence-corrected chi connectivity index (χ0v) is 12.1. The first-order valence-electron chi connectivity index (χ1n) is 6.41. The minimum atomic E-state index is -0.162. The summed E-state index contributed by atoms with van der Waals surface area (Å²) in [4.78, 5) is 13.7. The van der Waals surface area contributed by atoms with Gasteiger partial charge in [0.2, 0.25) is 5.91 Å². The van der Waals surface area contributed by atoms with E-state index >= 15 is 0 Å². The van der Waals surface area contributed by atoms with E-state index in [1.807, 2.05) is 12.1 Å². The molecule has 5 heteroatoms. The average molecular weight is 301 g/mol. The molecular formula is C16H15NO3S. The Morgan fingerprint density at radius 3 is 2.81 bits per heavy atom. The fourth-order valence-corrected chi connectivity index (χ4v) is 2.57. The van der Waals surface area contributed by atoms with Crippen LogP contribution in [0.4, 0.5) is 0 Å². The Balaban J connectivity index is 1.87. The number of amides is 1. The number of aliphatic hydroxyl groups is 1. The van der Waals surface area contributed by atoms with Gasteiger partial charge in [0, 0.05) is 10.4 Å². The molecule has 0 bridgehead atoms. The summed E-state index contributed by atoms with van der Waals surface area (Å²) < 4.78 is 0. The maximum absolute atomic E-state index is 11.8. The molecule has 0 saturated carbocycles. The van der Waals surface area contributed by atoms with Crippen molar-refractivity contribution in [3.8, 4) is 17.6 Å². The number of para-hydroxylation sites is 1. The van der Waals surface area contributed by atoms with E-state index in [-0.39, 0.29) is 24.7 Å². The molecule has 1 aromatic heterocycles. The van der Waals surface area contributed by atoms with E-state index in [1.54, 1.807) is 24.3 Å². The van der Waals surface area contributed by atoms with E-state index < -0.39 is 0 Å². The van der Waals surface area contributed by atoms with E-state index in [4.69, 9.17) is 5.11 Å². The standard InChI is InChI=1S/C16H15NO3S/c18-9-3-5-13-7-8-14(21-13)11-17-16(20)10-12-4-1-2-6-15(12)19/h1-2,4,6-8,18-19H,9-11H2,(H,17,20). The van der Waals surface area contributed by atoms with E-state index in [2.05, 4.69) is 17.2 Å². The van der Waals surface area contributed by atoms with Crippen LogP contribution in [-0.2, 0) is 17.8 Å². The van der Waals surface area contributed by atoms with Crippen LogP contribution >= 0.6 is 11.3 Å². The van der Waals surface area contributed by atoms with Crippen molar-refractivity contribution >= 4 is 17.2 Å². The average Bonchev–Trinajstić information content (AvgIpc) is 2.93. The number of hydrogen-bond acceptors (Lipinski definition) is 4. The van der Waals surface area contributed by atoms with Gasteiger partial charge in [0.05, 0.1) is 17.8 Å². The van der Waals surface area contributed by atoms with Crippen LogP contribution in [0.5, 0.6) is 5.75 Å². The number of nitrogens with one attached hydrogen (secondary N) is 1. The van der Waals surface area contributed by atoms with Gasteiger partial charge in [-0.15, -0.1) is 11.3 Å². The summed E-state index contributed by atoms with van der Waals surface area (Å²) in [6.07, 6.45) is 0.148. The predicted molar refractivity (Wildman–Crippen MR) is 81.9 cm³/mol. The van der Waals surface area contributed by atoms with Gasteiger partial charge in [-0.1, -0.05) is 30.0 Å². The second kappa shape index (κ2) is 7.48. The van der Waals surface area contributed by atoms with Crippen molar-refractivity contribution in [3.63, 3.8) is 0 Å². The third kappa shape index (κ3) is 4.63. The fraction of sp³-hybridized carbons (Fsp3) is 0.188. The molecule has 108 valence electrons. The SMILES string of the molecule is O=C(Cc1ccccc1O)NCc1ccc(C#CCO)s1. The highest BCUT2D eigenvalue weighted by atomic mass is 32.1. The molecule has 0 atom stereocenters. The molecule has 21 heavy (non-hydrogen) atoms. The minimum absolute atomic E-state index is 0.130. The van der Waals surface area contributed by atoms with Crippen LogP contribution in [0.25, 0.3) is 0 Å². The van der Waals surface area contributed by atoms with Crippen molar-refractivity contribution in [1.29, 1.82) is 0 Å². The molecule has 4 nitrogen and oxygen atoms in total. The predicted octanol–water partition coefficient (Wildman–Crippen LogP) is 1.66. The van der Waals surface area contributed by atoms with Crippen LogP contribution < -0.4 is 5.32 Å². The van der Waals surface area contributed by atoms with Crippen molar-refractivity contribution in [3.05, 3.63) is 51.7 Å². The summed E-state index contributed by atoms with van der Waals surface area (Å²) in [6, 6.07) is 10.5. The normalized spacial score (nSPS) is 9.76. The van der Waals surface area contributed by atoms with E-state index in [0.29, 0.717) is 12.1 Å². The van der Waals surface area contributed by atoms with Gasteiger partial charge < -0.3 is 15.5 Å². The third-order valence-corrected chi connectivity index (χ3v) is 3.76. The number of hydrogen-bond donors (Lipinski definition) is 3. The highest BCUT2D eigenvalue weighted by molar-refractivity contribution is 7.12. The minimum Gasteiger partial charge on any atom is -0.508 e. The molecule has 0 spiro atoms. The molecule has 0 aliphatic carbocycles. The van der Waals surface area contributed by atoms with Crippen molar-refractivity contribution < 1.29 is 15.0 Å². The van der Waals surface area contributed by atoms with Crippen molar-refractivity contribution in [2.45, 2.75) is 13.0 Å². The number of carbonyl (C=O) groups is 1. The van der Waals surface area contributed by atoms with Crippen LogP contribution in [0.2, 0.25) is 0 Å². The first-order valence-corrected chi connectivity index (χ1v) is 7.22. The Kier molecular flexibility index (Phi) is 5.38. The Morgan fingerprint density at radius 2 is 2.05 bits per heavy atom. The number of benzene rings is 1. The molecule has 0 fully saturated rings. The van der Waals surface area contributed by atoms with Gasteiger partial charge in [-0.25, -0.2) is 0 Å². The highest BCUT2D eigenvalue weighted by Gasteiger charge is 2.07. The molecule has 0 radical (unpaired) electrons. The van der Waals surface area contributed by atoms with Gasteiger partial charge in [-0.3, -0.25) is 4.79 Å². The third-order valence-electron chi connectivity index (χ3n) is 2.75. The number of carbonyl (C=O) groups excluding carboxylic acids is 1. The number of thiophene rings is 1. The molecule has 1 aromatic carbocycles. The van der Waals surface area contributed by atoms with Gasteiger partial charge in [0.25, 0.3) is 0 Å². The van der Waals surface area contributed by atoms with Gasteiger partial charge in [-0.05, 0) is 18.2 Å². The topological polar surface area (TPSA) is 69.6 Å². The lowest BCUT2D eigenvalue weighted by molar-refractivity contribution is -0.120. The van der Waals surface area contributed by atoms with Crippen molar-refractivity contribution in [2.75, 3.05) is 6.61 Å². The lowest BCUT2D eigenvalue weighted by Crippen LogP contribution is -2.24. The molecule has 0 saturated heterocycles. The molecule has 1 heterocycles. The smallest absolute Gasteiger partial charge is 0.224 e. The largest absolute Gasteiger partial charge is 0.508 e. The van der Waals surface area contributed by atoms with Crippen molar-refractivity contribution in [1.82, 2.24) is 5.32 Å². The zero-order chi connectivity index (χ0) is 15.1. The first kappa shape index (κ1) is 15.1. The van der Waals surface area contributed by atoms with Crippen LogP contribution in [0.3, 0.4) is 0 Å². The van der Waals surface area contributed by atoms with Crippen LogP contribution in [0.15, 0.2) is 36.4 Å². The number of phenolic OH excluding ortho intramolecular Hbond substituents is 1. The number of rotatable bonds is 4. The Hall–Kier alpha value is -2.29. The molecule has 2 aromatic rings. The second-order valence-corrected chi connectivity index (χ2v) is 5.48. The Morgan fingerprint density at radius 1 is 1.24 bits per heavy atom. The quantitative estimate of drug-likeness (QED) is 0.752. The summed E-state index contributed by atoms with van der Waals surface area (Å²) in [7, 11) is 0. The Labute approximate surface area is 127 Å². The second-order valence-electron chi connectivity index (χ2n) is 4.31. The monoisotopic (exact) mass is 301 g/mol. The molecular weight excluding hydrogens is 286 g/mol. The lowest BCUT2D eigenvalue weighted by Gasteiger charge is -2.05. The number of phenols is 1. The summed E-state index contributed by atoms with van der Waals surface area (Å²) >= 11 is 1.48. The van der Waals surface area contributed by atoms with Gasteiger partial charge in [0.15, 0.2) is 0 Å². The molecule has 1 amide bonds. The lowest BCUT2D eigenvalue weighted by atomic mass is 10.1. The van der Waals surface area contributed by atoms with E-state index in [0.717, 1.165) is 9.75 Å². The summed E-state index contributed by atoms with van der Waals surface area (Å²) in [5, 5.41) is 21.1. The zero-order valence-electron chi connectivity index (χ0n) is 11.3. The molecule has 2 rings (SSSR count). The van der Waals surface area contributed by atoms with Crippen LogP contribution in [0.1, 0.15) is 15.3 Å². The molecule has 0 unspecified atom stereocenters. The summed E-state index contributed by atoms with van der Waals surface area (Å²) in [5.41, 5.74) is 0.607. The maximum atomic E-state index is 11.8. The van der Waals surface area contributed by atoms with Crippen LogP contribution in [0, 0.1) is 11.8 Å². The van der Waals surface area contributed by atoms with Gasteiger partial charge in [-0.2, -0.15) is 0 Å². The fourth-order valence-electron chi connectivity index (χ4n) is 1.75. The van der Waals surface area contributed by atoms with E-state index in [1.165, 1.54) is 11.3 Å².